The number of anilines is 1. The van der Waals surface area contributed by atoms with E-state index in [1.807, 2.05) is 38.3 Å². The number of aryl methyl sites for hydroxylation is 3. The summed E-state index contributed by atoms with van der Waals surface area (Å²) in [7, 11) is -2.68. The normalized spacial score (nSPS) is 11.6. The van der Waals surface area contributed by atoms with Gasteiger partial charge in [-0.25, -0.2) is 13.8 Å². The smallest absolute Gasteiger partial charge is 0.264 e. The van der Waals surface area contributed by atoms with Crippen LogP contribution in [0.5, 0.6) is 5.75 Å². The van der Waals surface area contributed by atoms with Gasteiger partial charge in [-0.05, 0) is 81.8 Å². The van der Waals surface area contributed by atoms with Crippen LogP contribution < -0.4 is 14.5 Å². The Morgan fingerprint density at radius 3 is 2.22 bits per heavy atom. The third kappa shape index (κ3) is 6.75. The van der Waals surface area contributed by atoms with Gasteiger partial charge in [0.15, 0.2) is 0 Å². The molecule has 0 radical (unpaired) electrons. The molecule has 0 bridgehead atoms. The molecule has 0 atom stereocenters. The lowest BCUT2D eigenvalue weighted by Gasteiger charge is -2.25. The molecule has 11 heteroatoms. The van der Waals surface area contributed by atoms with Crippen LogP contribution in [-0.4, -0.2) is 38.8 Å². The van der Waals surface area contributed by atoms with Gasteiger partial charge in [-0.3, -0.25) is 9.10 Å². The van der Waals surface area contributed by atoms with Crippen LogP contribution in [-0.2, 0) is 14.8 Å². The number of carbonyl (C=O) groups is 1. The largest absolute Gasteiger partial charge is 0.495 e. The minimum Gasteiger partial charge on any atom is -0.495 e. The number of methoxy groups -OCH3 is 1. The van der Waals surface area contributed by atoms with Crippen LogP contribution in [0.15, 0.2) is 76.7 Å². The van der Waals surface area contributed by atoms with E-state index in [1.165, 1.54) is 25.5 Å². The van der Waals surface area contributed by atoms with Crippen molar-refractivity contribution in [2.75, 3.05) is 18.0 Å². The molecule has 0 fully saturated rings. The Labute approximate surface area is 250 Å². The van der Waals surface area contributed by atoms with Crippen LogP contribution in [0.25, 0.3) is 5.69 Å². The number of hydrogen-bond donors (Lipinski definition) is 1. The highest BCUT2D eigenvalue weighted by Gasteiger charge is 2.29. The van der Waals surface area contributed by atoms with Gasteiger partial charge in [0.05, 0.1) is 23.9 Å². The van der Waals surface area contributed by atoms with E-state index in [9.17, 15) is 13.2 Å². The van der Waals surface area contributed by atoms with Gasteiger partial charge in [0.1, 0.15) is 12.3 Å². The van der Waals surface area contributed by atoms with Gasteiger partial charge >= 0.3 is 0 Å². The zero-order valence-electron chi connectivity index (χ0n) is 23.3. The topological polar surface area (TPSA) is 93.0 Å². The van der Waals surface area contributed by atoms with Crippen LogP contribution in [0.1, 0.15) is 28.1 Å². The van der Waals surface area contributed by atoms with Crippen molar-refractivity contribution >= 4 is 51.0 Å². The molecule has 1 heterocycles. The predicted octanol–water partition coefficient (Wildman–Crippen LogP) is 6.37. The molecule has 1 N–H and O–H groups in total. The van der Waals surface area contributed by atoms with E-state index in [4.69, 9.17) is 27.9 Å². The molecule has 8 nitrogen and oxygen atoms in total. The van der Waals surface area contributed by atoms with Gasteiger partial charge in [-0.15, -0.1) is 0 Å². The Morgan fingerprint density at radius 2 is 1.59 bits per heavy atom. The quantitative estimate of drug-likeness (QED) is 0.175. The van der Waals surface area contributed by atoms with Crippen molar-refractivity contribution in [1.82, 2.24) is 9.99 Å². The van der Waals surface area contributed by atoms with Gasteiger partial charge < -0.3 is 9.30 Å². The summed E-state index contributed by atoms with van der Waals surface area (Å²) in [6.45, 7) is 7.02. The lowest BCUT2D eigenvalue weighted by Crippen LogP contribution is -2.39. The number of halogens is 2. The minimum absolute atomic E-state index is 0.0523. The number of nitrogens with zero attached hydrogens (tertiary/aromatic N) is 3. The molecule has 41 heavy (non-hydrogen) atoms. The third-order valence-electron chi connectivity index (χ3n) is 6.47. The minimum atomic E-state index is -4.12. The van der Waals surface area contributed by atoms with E-state index in [-0.39, 0.29) is 10.6 Å². The Balaban J connectivity index is 1.61. The highest BCUT2D eigenvalue weighted by Crippen LogP contribution is 2.33. The van der Waals surface area contributed by atoms with E-state index in [0.29, 0.717) is 15.8 Å². The number of ether oxygens (including phenoxy) is 1. The molecule has 0 aliphatic carbocycles. The first kappa shape index (κ1) is 30.2. The molecule has 0 saturated carbocycles. The van der Waals surface area contributed by atoms with Crippen molar-refractivity contribution in [3.8, 4) is 11.4 Å². The number of benzene rings is 3. The van der Waals surface area contributed by atoms with Crippen LogP contribution in [0.2, 0.25) is 10.0 Å². The van der Waals surface area contributed by atoms with E-state index in [1.54, 1.807) is 48.5 Å². The maximum Gasteiger partial charge on any atom is 0.264 e. The van der Waals surface area contributed by atoms with Crippen molar-refractivity contribution in [3.05, 3.63) is 105 Å². The van der Waals surface area contributed by atoms with Crippen molar-refractivity contribution in [2.24, 2.45) is 5.10 Å². The van der Waals surface area contributed by atoms with Crippen molar-refractivity contribution < 1.29 is 17.9 Å². The van der Waals surface area contributed by atoms with Crippen molar-refractivity contribution in [2.45, 2.75) is 32.6 Å². The molecule has 0 spiro atoms. The molecule has 1 aromatic heterocycles. The Bertz CT molecular complexity index is 1710. The van der Waals surface area contributed by atoms with E-state index in [2.05, 4.69) is 10.5 Å². The standard InChI is InChI=1S/C30H30Cl2N4O4S/c1-19-6-9-27(10-7-19)41(38,39)35(28-12-20(2)8-11-29(28)40-5)18-30(37)34-33-17-23-13-21(3)36(22(23)4)26-15-24(31)14-25(32)16-26/h6-17H,18H2,1-5H3,(H,34,37)/b33-17-. The summed E-state index contributed by atoms with van der Waals surface area (Å²) in [5.41, 5.74) is 7.74. The molecule has 0 unspecified atom stereocenters. The van der Waals surface area contributed by atoms with Crippen LogP contribution >= 0.6 is 23.2 Å². The summed E-state index contributed by atoms with van der Waals surface area (Å²) in [6, 6.07) is 18.7. The molecular weight excluding hydrogens is 583 g/mol. The summed E-state index contributed by atoms with van der Waals surface area (Å²) in [5.74, 6) is -0.313. The van der Waals surface area contributed by atoms with E-state index < -0.39 is 22.5 Å². The van der Waals surface area contributed by atoms with Gasteiger partial charge in [-0.2, -0.15) is 5.10 Å². The summed E-state index contributed by atoms with van der Waals surface area (Å²) in [6.07, 6.45) is 1.51. The van der Waals surface area contributed by atoms with Crippen LogP contribution in [0, 0.1) is 27.7 Å². The number of hydrazone groups is 1. The average Bonchev–Trinajstić information content (AvgIpc) is 3.19. The van der Waals surface area contributed by atoms with Gasteiger partial charge in [0.2, 0.25) is 0 Å². The molecule has 3 aromatic carbocycles. The van der Waals surface area contributed by atoms with Crippen molar-refractivity contribution in [3.63, 3.8) is 0 Å². The molecular formula is C30H30Cl2N4O4S. The zero-order valence-corrected chi connectivity index (χ0v) is 25.6. The fraction of sp³-hybridized carbons (Fsp3) is 0.200. The maximum absolute atomic E-state index is 13.8. The highest BCUT2D eigenvalue weighted by atomic mass is 35.5. The third-order valence-corrected chi connectivity index (χ3v) is 8.68. The molecule has 4 rings (SSSR count). The summed E-state index contributed by atoms with van der Waals surface area (Å²) in [5, 5.41) is 5.14. The van der Waals surface area contributed by atoms with Gasteiger partial charge in [-0.1, -0.05) is 47.0 Å². The monoisotopic (exact) mass is 612 g/mol. The number of nitrogens with one attached hydrogen (secondary N) is 1. The predicted molar refractivity (Wildman–Crippen MR) is 164 cm³/mol. The molecule has 4 aromatic rings. The summed E-state index contributed by atoms with van der Waals surface area (Å²) >= 11 is 12.4. The Hall–Kier alpha value is -3.79. The first-order valence-corrected chi connectivity index (χ1v) is 14.8. The number of sulfonamides is 1. The van der Waals surface area contributed by atoms with Gasteiger partial charge in [0, 0.05) is 32.7 Å². The van der Waals surface area contributed by atoms with Crippen LogP contribution in [0.3, 0.4) is 0 Å². The van der Waals surface area contributed by atoms with E-state index >= 15 is 0 Å². The zero-order chi connectivity index (χ0) is 29.9. The van der Waals surface area contributed by atoms with Gasteiger partial charge in [0.25, 0.3) is 15.9 Å². The fourth-order valence-corrected chi connectivity index (χ4v) is 6.39. The molecule has 1 amide bonds. The first-order valence-electron chi connectivity index (χ1n) is 12.6. The fourth-order valence-electron chi connectivity index (χ4n) is 4.46. The van der Waals surface area contributed by atoms with Crippen molar-refractivity contribution in [1.29, 1.82) is 0 Å². The number of hydrogen-bond acceptors (Lipinski definition) is 5. The highest BCUT2D eigenvalue weighted by molar-refractivity contribution is 7.92. The number of rotatable bonds is 9. The van der Waals surface area contributed by atoms with Crippen LogP contribution in [0.4, 0.5) is 5.69 Å². The lowest BCUT2D eigenvalue weighted by atomic mass is 10.2. The second-order valence-corrected chi connectivity index (χ2v) is 12.3. The lowest BCUT2D eigenvalue weighted by molar-refractivity contribution is -0.119. The second kappa shape index (κ2) is 12.4. The second-order valence-electron chi connectivity index (χ2n) is 9.58. The number of amides is 1. The van der Waals surface area contributed by atoms with E-state index in [0.717, 1.165) is 38.1 Å². The Kier molecular flexibility index (Phi) is 9.11. The average molecular weight is 614 g/mol. The number of aromatic nitrogens is 1. The molecule has 0 saturated heterocycles. The Morgan fingerprint density at radius 1 is 0.951 bits per heavy atom. The SMILES string of the molecule is COc1ccc(C)cc1N(CC(=O)N/N=C\c1cc(C)n(-c2cc(Cl)cc(Cl)c2)c1C)S(=O)(=O)c1ccc(C)cc1. The number of carbonyl (C=O) groups excluding carboxylic acids is 1. The summed E-state index contributed by atoms with van der Waals surface area (Å²) < 4.78 is 36.0. The first-order chi connectivity index (χ1) is 19.4. The molecule has 214 valence electrons. The molecule has 0 aliphatic rings. The maximum atomic E-state index is 13.8. The summed E-state index contributed by atoms with van der Waals surface area (Å²) in [4.78, 5) is 13.1. The molecule has 0 aliphatic heterocycles.